The van der Waals surface area contributed by atoms with Gasteiger partial charge in [-0.05, 0) is 13.3 Å². The van der Waals surface area contributed by atoms with Crippen LogP contribution in [0.4, 0.5) is 0 Å². The van der Waals surface area contributed by atoms with Crippen molar-refractivity contribution in [3.05, 3.63) is 6.92 Å². The summed E-state index contributed by atoms with van der Waals surface area (Å²) in [4.78, 5) is 0. The van der Waals surface area contributed by atoms with E-state index in [1.807, 2.05) is 0 Å². The van der Waals surface area contributed by atoms with Gasteiger partial charge in [0.15, 0.2) is 0 Å². The van der Waals surface area contributed by atoms with Gasteiger partial charge in [0.2, 0.25) is 0 Å². The Morgan fingerprint density at radius 2 is 2.00 bits per heavy atom. The van der Waals surface area contributed by atoms with Gasteiger partial charge in [0.25, 0.3) is 0 Å². The molecule has 3 unspecified atom stereocenters. The molecule has 4 N–H and O–H groups in total. The minimum atomic E-state index is -0.845. The van der Waals surface area contributed by atoms with Crippen molar-refractivity contribution in [2.75, 3.05) is 0 Å². The Balaban J connectivity index is 3.58. The second kappa shape index (κ2) is 3.82. The van der Waals surface area contributed by atoms with Gasteiger partial charge in [-0.25, -0.2) is 0 Å². The summed E-state index contributed by atoms with van der Waals surface area (Å²) in [6.45, 7) is 4.99. The van der Waals surface area contributed by atoms with Gasteiger partial charge in [-0.2, -0.15) is 0 Å². The largest absolute Gasteiger partial charge is 0.391 e. The average Bonchev–Trinajstić information content (AvgIpc) is 1.84. The SMILES string of the molecule is [CH2]CC(N)C(O)C(C)O. The Bertz CT molecular complexity index is 75.5. The summed E-state index contributed by atoms with van der Waals surface area (Å²) in [5, 5.41) is 17.7. The number of aliphatic hydroxyl groups is 2. The van der Waals surface area contributed by atoms with Crippen LogP contribution < -0.4 is 5.73 Å². The molecule has 0 aliphatic rings. The Morgan fingerprint density at radius 3 is 2.11 bits per heavy atom. The number of hydrogen-bond donors (Lipinski definition) is 3. The van der Waals surface area contributed by atoms with Crippen LogP contribution in [0.25, 0.3) is 0 Å². The molecular formula is C6H14NO2. The normalized spacial score (nSPS) is 21.0. The first-order chi connectivity index (χ1) is 4.09. The first kappa shape index (κ1) is 8.88. The van der Waals surface area contributed by atoms with Gasteiger partial charge < -0.3 is 15.9 Å². The van der Waals surface area contributed by atoms with E-state index >= 15 is 0 Å². The maximum atomic E-state index is 8.98. The topological polar surface area (TPSA) is 66.5 Å². The highest BCUT2D eigenvalue weighted by atomic mass is 16.3. The second-order valence-electron chi connectivity index (χ2n) is 2.18. The summed E-state index contributed by atoms with van der Waals surface area (Å²) < 4.78 is 0. The fourth-order valence-corrected chi connectivity index (χ4v) is 0.529. The molecule has 55 valence electrons. The van der Waals surface area contributed by atoms with Crippen LogP contribution in [0.5, 0.6) is 0 Å². The van der Waals surface area contributed by atoms with Crippen molar-refractivity contribution in [3.8, 4) is 0 Å². The highest BCUT2D eigenvalue weighted by molar-refractivity contribution is 4.76. The van der Waals surface area contributed by atoms with Crippen LogP contribution in [-0.4, -0.2) is 28.5 Å². The van der Waals surface area contributed by atoms with E-state index in [9.17, 15) is 0 Å². The molecule has 1 radical (unpaired) electrons. The zero-order chi connectivity index (χ0) is 7.44. The molecule has 0 rings (SSSR count). The van der Waals surface area contributed by atoms with Crippen LogP contribution in [0.15, 0.2) is 0 Å². The van der Waals surface area contributed by atoms with Crippen LogP contribution in [0.1, 0.15) is 13.3 Å². The molecule has 0 bridgehead atoms. The fraction of sp³-hybridized carbons (Fsp3) is 0.833. The minimum absolute atomic E-state index is 0.412. The Hall–Kier alpha value is -0.120. The molecule has 0 aliphatic heterocycles. The maximum Gasteiger partial charge on any atom is 0.0946 e. The third-order valence-corrected chi connectivity index (χ3v) is 1.27. The van der Waals surface area contributed by atoms with Crippen LogP contribution in [0.2, 0.25) is 0 Å². The smallest absolute Gasteiger partial charge is 0.0946 e. The lowest BCUT2D eigenvalue weighted by Crippen LogP contribution is -2.41. The zero-order valence-electron chi connectivity index (χ0n) is 5.62. The molecule has 0 aromatic heterocycles. The van der Waals surface area contributed by atoms with E-state index in [4.69, 9.17) is 15.9 Å². The first-order valence-electron chi connectivity index (χ1n) is 3.00. The van der Waals surface area contributed by atoms with Gasteiger partial charge in [0, 0.05) is 6.04 Å². The molecule has 0 amide bonds. The second-order valence-corrected chi connectivity index (χ2v) is 2.18. The Labute approximate surface area is 55.5 Å². The monoisotopic (exact) mass is 132 g/mol. The predicted octanol–water partition coefficient (Wildman–Crippen LogP) is -0.720. The lowest BCUT2D eigenvalue weighted by molar-refractivity contribution is 0.0156. The number of nitrogens with two attached hydrogens (primary N) is 1. The van der Waals surface area contributed by atoms with Gasteiger partial charge in [-0.15, -0.1) is 0 Å². The van der Waals surface area contributed by atoms with Crippen LogP contribution in [0.3, 0.4) is 0 Å². The third kappa shape index (κ3) is 2.79. The van der Waals surface area contributed by atoms with Crippen molar-refractivity contribution in [2.24, 2.45) is 5.73 Å². The van der Waals surface area contributed by atoms with Crippen molar-refractivity contribution in [2.45, 2.75) is 31.6 Å². The molecule has 0 fully saturated rings. The molecule has 0 aliphatic carbocycles. The summed E-state index contributed by atoms with van der Waals surface area (Å²) in [5.74, 6) is 0. The number of rotatable bonds is 3. The Kier molecular flexibility index (Phi) is 3.77. The summed E-state index contributed by atoms with van der Waals surface area (Å²) in [5.41, 5.74) is 5.34. The quantitative estimate of drug-likeness (QED) is 0.474. The van der Waals surface area contributed by atoms with Gasteiger partial charge in [-0.1, -0.05) is 6.92 Å². The van der Waals surface area contributed by atoms with E-state index in [0.717, 1.165) is 0 Å². The molecule has 0 saturated carbocycles. The van der Waals surface area contributed by atoms with Crippen molar-refractivity contribution in [1.29, 1.82) is 0 Å². The fourth-order valence-electron chi connectivity index (χ4n) is 0.529. The summed E-state index contributed by atoms with van der Waals surface area (Å²) in [6, 6.07) is -0.412. The average molecular weight is 132 g/mol. The van der Waals surface area contributed by atoms with Gasteiger partial charge in [0.05, 0.1) is 12.2 Å². The highest BCUT2D eigenvalue weighted by Gasteiger charge is 2.17. The van der Waals surface area contributed by atoms with Crippen molar-refractivity contribution in [1.82, 2.24) is 0 Å². The molecule has 0 aromatic carbocycles. The summed E-state index contributed by atoms with van der Waals surface area (Å²) >= 11 is 0. The van der Waals surface area contributed by atoms with E-state index in [2.05, 4.69) is 6.92 Å². The van der Waals surface area contributed by atoms with Crippen molar-refractivity contribution >= 4 is 0 Å². The highest BCUT2D eigenvalue weighted by Crippen LogP contribution is 1.99. The van der Waals surface area contributed by atoms with Gasteiger partial charge >= 0.3 is 0 Å². The van der Waals surface area contributed by atoms with E-state index in [1.54, 1.807) is 0 Å². The van der Waals surface area contributed by atoms with Crippen LogP contribution in [0, 0.1) is 6.92 Å². The standard InChI is InChI=1S/C6H14NO2/c1-3-5(7)6(9)4(2)8/h4-6,8-9H,1,3,7H2,2H3. The first-order valence-corrected chi connectivity index (χ1v) is 3.00. The summed E-state index contributed by atoms with van der Waals surface area (Å²) in [7, 11) is 0. The molecule has 3 nitrogen and oxygen atoms in total. The van der Waals surface area contributed by atoms with Crippen molar-refractivity contribution in [3.63, 3.8) is 0 Å². The summed E-state index contributed by atoms with van der Waals surface area (Å²) in [6.07, 6.45) is -1.17. The zero-order valence-corrected chi connectivity index (χ0v) is 5.62. The van der Waals surface area contributed by atoms with Crippen LogP contribution >= 0.6 is 0 Å². The maximum absolute atomic E-state index is 8.98. The van der Waals surface area contributed by atoms with E-state index in [-0.39, 0.29) is 0 Å². The lowest BCUT2D eigenvalue weighted by Gasteiger charge is -2.19. The Morgan fingerprint density at radius 1 is 1.56 bits per heavy atom. The van der Waals surface area contributed by atoms with Gasteiger partial charge in [0.1, 0.15) is 0 Å². The molecule has 0 spiro atoms. The van der Waals surface area contributed by atoms with E-state index < -0.39 is 18.2 Å². The molecule has 0 saturated heterocycles. The third-order valence-electron chi connectivity index (χ3n) is 1.27. The molecule has 3 atom stereocenters. The van der Waals surface area contributed by atoms with Gasteiger partial charge in [-0.3, -0.25) is 0 Å². The van der Waals surface area contributed by atoms with E-state index in [1.165, 1.54) is 6.92 Å². The molecule has 0 aromatic rings. The molecule has 9 heavy (non-hydrogen) atoms. The number of hydrogen-bond acceptors (Lipinski definition) is 3. The number of aliphatic hydroxyl groups excluding tert-OH is 2. The van der Waals surface area contributed by atoms with E-state index in [0.29, 0.717) is 6.42 Å². The minimum Gasteiger partial charge on any atom is -0.391 e. The molecule has 3 heteroatoms. The molecular weight excluding hydrogens is 118 g/mol. The lowest BCUT2D eigenvalue weighted by atomic mass is 10.1. The van der Waals surface area contributed by atoms with Crippen molar-refractivity contribution < 1.29 is 10.2 Å². The van der Waals surface area contributed by atoms with Crippen LogP contribution in [-0.2, 0) is 0 Å². The molecule has 0 heterocycles. The predicted molar refractivity (Wildman–Crippen MR) is 35.6 cm³/mol.